The number of aromatic amines is 1. The third kappa shape index (κ3) is 5.58. The van der Waals surface area contributed by atoms with Crippen LogP contribution in [-0.4, -0.2) is 35.1 Å². The number of H-pyrrole nitrogens is 1. The van der Waals surface area contributed by atoms with Crippen molar-refractivity contribution in [2.45, 2.75) is 19.5 Å². The summed E-state index contributed by atoms with van der Waals surface area (Å²) >= 11 is 3.00. The quantitative estimate of drug-likeness (QED) is 0.660. The fourth-order valence-electron chi connectivity index (χ4n) is 1.18. The standard InChI is InChI=1S/C10H15BrN4O3.ClH/c1-6(12-2)3-13-8(16)5-15-4-7(11)9(17)14-10(15)18;/h4,6,12H,3,5H2,1-2H3,(H,13,16)(H,14,17,18);1H. The van der Waals surface area contributed by atoms with Crippen molar-refractivity contribution >= 4 is 34.2 Å². The van der Waals surface area contributed by atoms with Crippen molar-refractivity contribution in [1.29, 1.82) is 0 Å². The minimum atomic E-state index is -0.611. The fourth-order valence-corrected chi connectivity index (χ4v) is 1.53. The first-order valence-corrected chi connectivity index (χ1v) is 6.16. The second kappa shape index (κ2) is 8.13. The molecule has 108 valence electrons. The zero-order valence-electron chi connectivity index (χ0n) is 10.5. The summed E-state index contributed by atoms with van der Waals surface area (Å²) < 4.78 is 1.34. The largest absolute Gasteiger partial charge is 0.353 e. The van der Waals surface area contributed by atoms with Gasteiger partial charge in [0.05, 0.1) is 4.47 Å². The predicted molar refractivity (Wildman–Crippen MR) is 77.8 cm³/mol. The number of hydrogen-bond acceptors (Lipinski definition) is 4. The number of hydrogen-bond donors (Lipinski definition) is 3. The Morgan fingerprint density at radius 3 is 2.74 bits per heavy atom. The molecule has 1 atom stereocenters. The lowest BCUT2D eigenvalue weighted by Crippen LogP contribution is -2.40. The van der Waals surface area contributed by atoms with E-state index in [9.17, 15) is 14.4 Å². The molecule has 9 heteroatoms. The van der Waals surface area contributed by atoms with Gasteiger partial charge in [-0.05, 0) is 29.9 Å². The Morgan fingerprint density at radius 1 is 1.53 bits per heavy atom. The molecule has 1 unspecified atom stereocenters. The molecular formula is C10H16BrClN4O3. The highest BCUT2D eigenvalue weighted by atomic mass is 79.9. The van der Waals surface area contributed by atoms with E-state index in [1.165, 1.54) is 6.20 Å². The molecular weight excluding hydrogens is 339 g/mol. The summed E-state index contributed by atoms with van der Waals surface area (Å²) in [6.07, 6.45) is 1.29. The molecule has 0 spiro atoms. The number of aromatic nitrogens is 2. The minimum Gasteiger partial charge on any atom is -0.353 e. The molecule has 0 aliphatic rings. The Labute approximate surface area is 124 Å². The lowest BCUT2D eigenvalue weighted by molar-refractivity contribution is -0.121. The number of nitrogens with zero attached hydrogens (tertiary/aromatic N) is 1. The predicted octanol–water partition coefficient (Wildman–Crippen LogP) is -0.555. The van der Waals surface area contributed by atoms with Crippen LogP contribution in [0.2, 0.25) is 0 Å². The molecule has 19 heavy (non-hydrogen) atoms. The van der Waals surface area contributed by atoms with E-state index in [1.54, 1.807) is 7.05 Å². The summed E-state index contributed by atoms with van der Waals surface area (Å²) in [6, 6.07) is 0.146. The molecule has 0 bridgehead atoms. The summed E-state index contributed by atoms with van der Waals surface area (Å²) in [6.45, 7) is 2.25. The van der Waals surface area contributed by atoms with Crippen LogP contribution in [0.4, 0.5) is 0 Å². The summed E-state index contributed by atoms with van der Waals surface area (Å²) in [5.74, 6) is -0.293. The van der Waals surface area contributed by atoms with E-state index in [4.69, 9.17) is 0 Å². The highest BCUT2D eigenvalue weighted by Crippen LogP contribution is 1.97. The number of rotatable bonds is 5. The summed E-state index contributed by atoms with van der Waals surface area (Å²) in [5, 5.41) is 5.65. The molecule has 1 amide bonds. The van der Waals surface area contributed by atoms with E-state index >= 15 is 0 Å². The van der Waals surface area contributed by atoms with Crippen molar-refractivity contribution in [1.82, 2.24) is 20.2 Å². The number of carbonyl (C=O) groups is 1. The van der Waals surface area contributed by atoms with E-state index in [2.05, 4.69) is 31.5 Å². The van der Waals surface area contributed by atoms with Crippen LogP contribution >= 0.6 is 28.3 Å². The Kier molecular flexibility index (Phi) is 7.65. The van der Waals surface area contributed by atoms with Crippen molar-refractivity contribution in [3.8, 4) is 0 Å². The molecule has 3 N–H and O–H groups in total. The Bertz CT molecular complexity index is 542. The molecule has 1 aromatic rings. The van der Waals surface area contributed by atoms with Crippen LogP contribution in [0.15, 0.2) is 20.3 Å². The van der Waals surface area contributed by atoms with Gasteiger partial charge in [-0.15, -0.1) is 12.4 Å². The van der Waals surface area contributed by atoms with Gasteiger partial charge in [0.25, 0.3) is 5.56 Å². The van der Waals surface area contributed by atoms with Gasteiger partial charge in [0.2, 0.25) is 5.91 Å². The molecule has 7 nitrogen and oxygen atoms in total. The fraction of sp³-hybridized carbons (Fsp3) is 0.500. The number of amides is 1. The summed E-state index contributed by atoms with van der Waals surface area (Å²) in [7, 11) is 1.79. The summed E-state index contributed by atoms with van der Waals surface area (Å²) in [4.78, 5) is 36.2. The van der Waals surface area contributed by atoms with E-state index in [1.807, 2.05) is 6.92 Å². The zero-order chi connectivity index (χ0) is 13.7. The van der Waals surface area contributed by atoms with Crippen molar-refractivity contribution in [3.63, 3.8) is 0 Å². The van der Waals surface area contributed by atoms with Gasteiger partial charge in [-0.1, -0.05) is 0 Å². The van der Waals surface area contributed by atoms with E-state index in [0.717, 1.165) is 4.57 Å². The van der Waals surface area contributed by atoms with Gasteiger partial charge < -0.3 is 10.6 Å². The molecule has 0 radical (unpaired) electrons. The average Bonchev–Trinajstić information content (AvgIpc) is 2.33. The maximum absolute atomic E-state index is 11.6. The Hall–Kier alpha value is -1.12. The molecule has 0 aromatic carbocycles. The molecule has 1 heterocycles. The van der Waals surface area contributed by atoms with Crippen LogP contribution in [0, 0.1) is 0 Å². The Balaban J connectivity index is 0.00000324. The first kappa shape index (κ1) is 17.9. The maximum Gasteiger partial charge on any atom is 0.328 e. The SMILES string of the molecule is CNC(C)CNC(=O)Cn1cc(Br)c(=O)[nH]c1=O.Cl. The zero-order valence-corrected chi connectivity index (χ0v) is 12.9. The molecule has 1 aromatic heterocycles. The normalized spacial score (nSPS) is 11.5. The van der Waals surface area contributed by atoms with Crippen LogP contribution < -0.4 is 21.9 Å². The number of likely N-dealkylation sites (N-methyl/N-ethyl adjacent to an activating group) is 1. The minimum absolute atomic E-state index is 0. The van der Waals surface area contributed by atoms with Gasteiger partial charge in [-0.3, -0.25) is 19.1 Å². The molecule has 0 fully saturated rings. The van der Waals surface area contributed by atoms with Gasteiger partial charge in [-0.2, -0.15) is 0 Å². The highest BCUT2D eigenvalue weighted by Gasteiger charge is 2.07. The van der Waals surface area contributed by atoms with Gasteiger partial charge in [0.15, 0.2) is 0 Å². The first-order chi connectivity index (χ1) is 8.43. The molecule has 0 saturated carbocycles. The maximum atomic E-state index is 11.6. The monoisotopic (exact) mass is 354 g/mol. The van der Waals surface area contributed by atoms with E-state index in [-0.39, 0.29) is 35.4 Å². The smallest absolute Gasteiger partial charge is 0.328 e. The topological polar surface area (TPSA) is 96.0 Å². The van der Waals surface area contributed by atoms with Gasteiger partial charge >= 0.3 is 5.69 Å². The van der Waals surface area contributed by atoms with Crippen LogP contribution in [0.5, 0.6) is 0 Å². The molecule has 1 rings (SSSR count). The highest BCUT2D eigenvalue weighted by molar-refractivity contribution is 9.10. The van der Waals surface area contributed by atoms with E-state index in [0.29, 0.717) is 6.54 Å². The van der Waals surface area contributed by atoms with E-state index < -0.39 is 11.2 Å². The number of halogens is 2. The van der Waals surface area contributed by atoms with Gasteiger partial charge in [0, 0.05) is 18.8 Å². The lowest BCUT2D eigenvalue weighted by atomic mass is 10.3. The van der Waals surface area contributed by atoms with Crippen LogP contribution in [0.25, 0.3) is 0 Å². The van der Waals surface area contributed by atoms with Crippen LogP contribution in [0.1, 0.15) is 6.92 Å². The number of nitrogens with one attached hydrogen (secondary N) is 3. The van der Waals surface area contributed by atoms with Gasteiger partial charge in [-0.25, -0.2) is 4.79 Å². The molecule has 0 saturated heterocycles. The average molecular weight is 356 g/mol. The van der Waals surface area contributed by atoms with Crippen molar-refractivity contribution in [2.75, 3.05) is 13.6 Å². The van der Waals surface area contributed by atoms with Crippen LogP contribution in [0.3, 0.4) is 0 Å². The second-order valence-corrected chi connectivity index (χ2v) is 4.71. The lowest BCUT2D eigenvalue weighted by Gasteiger charge is -2.11. The second-order valence-electron chi connectivity index (χ2n) is 3.86. The molecule has 0 aliphatic carbocycles. The van der Waals surface area contributed by atoms with Crippen molar-refractivity contribution < 1.29 is 4.79 Å². The number of carbonyl (C=O) groups excluding carboxylic acids is 1. The summed E-state index contributed by atoms with van der Waals surface area (Å²) in [5.41, 5.74) is -1.12. The molecule has 0 aliphatic heterocycles. The van der Waals surface area contributed by atoms with Crippen molar-refractivity contribution in [3.05, 3.63) is 31.5 Å². The van der Waals surface area contributed by atoms with Crippen molar-refractivity contribution in [2.24, 2.45) is 0 Å². The third-order valence-corrected chi connectivity index (χ3v) is 2.94. The third-order valence-electron chi connectivity index (χ3n) is 2.38. The first-order valence-electron chi connectivity index (χ1n) is 5.37. The Morgan fingerprint density at radius 2 is 2.16 bits per heavy atom. The van der Waals surface area contributed by atoms with Crippen LogP contribution in [-0.2, 0) is 11.3 Å². The van der Waals surface area contributed by atoms with Gasteiger partial charge in [0.1, 0.15) is 6.54 Å².